The van der Waals surface area contributed by atoms with E-state index in [4.69, 9.17) is 0 Å². The van der Waals surface area contributed by atoms with Crippen LogP contribution in [0.4, 0.5) is 4.39 Å². The number of aromatic nitrogens is 2. The van der Waals surface area contributed by atoms with E-state index in [1.807, 2.05) is 6.26 Å². The molecule has 0 aliphatic heterocycles. The molecule has 0 unspecified atom stereocenters. The van der Waals surface area contributed by atoms with Crippen LogP contribution in [0.3, 0.4) is 0 Å². The summed E-state index contributed by atoms with van der Waals surface area (Å²) in [5.74, 6) is -0.521. The Morgan fingerprint density at radius 3 is 2.58 bits per heavy atom. The Morgan fingerprint density at radius 1 is 1.32 bits per heavy atom. The van der Waals surface area contributed by atoms with Crippen LogP contribution in [0.1, 0.15) is 22.8 Å². The number of hydrogen-bond donors (Lipinski definition) is 0. The number of aryl methyl sites for hydroxylation is 1. The van der Waals surface area contributed by atoms with Crippen LogP contribution >= 0.6 is 34.9 Å². The fourth-order valence-electron chi connectivity index (χ4n) is 1.43. The van der Waals surface area contributed by atoms with Crippen LogP contribution in [0.15, 0.2) is 25.7 Å². The lowest BCUT2D eigenvalue weighted by Crippen LogP contribution is -1.98. The molecule has 1 heterocycles. The molecule has 2 rings (SSSR count). The summed E-state index contributed by atoms with van der Waals surface area (Å²) in [4.78, 5) is 12.3. The van der Waals surface area contributed by atoms with Gasteiger partial charge in [0.15, 0.2) is 14.5 Å². The summed E-state index contributed by atoms with van der Waals surface area (Å²) < 4.78 is 15.1. The number of benzene rings is 1. The largest absolute Gasteiger partial charge is 0.294 e. The van der Waals surface area contributed by atoms with Crippen LogP contribution in [-0.4, -0.2) is 22.2 Å². The molecule has 0 saturated heterocycles. The fraction of sp³-hybridized carbons (Fsp3) is 0.250. The third-order valence-corrected chi connectivity index (χ3v) is 5.41. The molecule has 100 valence electrons. The van der Waals surface area contributed by atoms with Gasteiger partial charge in [-0.2, -0.15) is 0 Å². The van der Waals surface area contributed by atoms with Gasteiger partial charge in [-0.3, -0.25) is 4.79 Å². The lowest BCUT2D eigenvalue weighted by Gasteiger charge is -2.06. The Balaban J connectivity index is 2.38. The molecule has 0 amide bonds. The molecular weight excluding hydrogens is 303 g/mol. The highest BCUT2D eigenvalue weighted by atomic mass is 32.2. The monoisotopic (exact) mass is 314 g/mol. The summed E-state index contributed by atoms with van der Waals surface area (Å²) in [5, 5.41) is 8.04. The van der Waals surface area contributed by atoms with E-state index in [0.717, 1.165) is 13.6 Å². The number of carbonyl (C=O) groups excluding carboxylic acids is 1. The predicted octanol–water partition coefficient (Wildman–Crippen LogP) is 4.06. The van der Waals surface area contributed by atoms with Crippen LogP contribution in [0.2, 0.25) is 0 Å². The van der Waals surface area contributed by atoms with Crippen molar-refractivity contribution in [1.29, 1.82) is 0 Å². The zero-order chi connectivity index (χ0) is 14.0. The second-order valence-electron chi connectivity index (χ2n) is 3.79. The van der Waals surface area contributed by atoms with Gasteiger partial charge in [-0.1, -0.05) is 34.9 Å². The summed E-state index contributed by atoms with van der Waals surface area (Å²) in [6.45, 7) is 3.11. The van der Waals surface area contributed by atoms with Crippen molar-refractivity contribution in [3.05, 3.63) is 29.1 Å². The third kappa shape index (κ3) is 3.34. The summed E-state index contributed by atoms with van der Waals surface area (Å²) in [5.41, 5.74) is 0.899. The number of nitrogens with zero attached hydrogens (tertiary/aromatic N) is 2. The first-order valence-corrected chi connectivity index (χ1v) is 8.23. The SMILES string of the molecule is CSc1nnc(Sc2cc(C)c(F)cc2C(C)=O)s1. The molecule has 3 nitrogen and oxygen atoms in total. The van der Waals surface area contributed by atoms with Gasteiger partial charge in [0.1, 0.15) is 5.82 Å². The van der Waals surface area contributed by atoms with E-state index < -0.39 is 0 Å². The standard InChI is InChI=1S/C12H11FN2OS3/c1-6-4-10(8(7(2)16)5-9(6)13)18-12-15-14-11(17-3)19-12/h4-5H,1-3H3. The topological polar surface area (TPSA) is 42.9 Å². The van der Waals surface area contributed by atoms with Gasteiger partial charge in [0.2, 0.25) is 0 Å². The number of Topliss-reactive ketones (excluding diaryl/α,β-unsaturated/α-hetero) is 1. The van der Waals surface area contributed by atoms with Crippen molar-refractivity contribution in [2.75, 3.05) is 6.26 Å². The molecule has 0 atom stereocenters. The predicted molar refractivity (Wildman–Crippen MR) is 77.0 cm³/mol. The van der Waals surface area contributed by atoms with Crippen molar-refractivity contribution in [1.82, 2.24) is 10.2 Å². The first kappa shape index (κ1) is 14.5. The van der Waals surface area contributed by atoms with Gasteiger partial charge in [-0.05, 0) is 37.8 Å². The average molecular weight is 314 g/mol. The van der Waals surface area contributed by atoms with Gasteiger partial charge in [0.05, 0.1) is 0 Å². The van der Waals surface area contributed by atoms with Crippen LogP contribution < -0.4 is 0 Å². The molecule has 0 radical (unpaired) electrons. The normalized spacial score (nSPS) is 10.7. The molecule has 2 aromatic rings. The lowest BCUT2D eigenvalue weighted by atomic mass is 10.1. The van der Waals surface area contributed by atoms with E-state index in [1.54, 1.807) is 13.0 Å². The number of rotatable bonds is 4. The van der Waals surface area contributed by atoms with Crippen molar-refractivity contribution >= 4 is 40.6 Å². The molecule has 7 heteroatoms. The van der Waals surface area contributed by atoms with Gasteiger partial charge in [-0.15, -0.1) is 10.2 Å². The molecule has 0 aliphatic rings. The maximum absolute atomic E-state index is 13.5. The van der Waals surface area contributed by atoms with Crippen LogP contribution in [0.5, 0.6) is 0 Å². The summed E-state index contributed by atoms with van der Waals surface area (Å²) in [7, 11) is 0. The van der Waals surface area contributed by atoms with E-state index >= 15 is 0 Å². The number of ketones is 1. The number of thioether (sulfide) groups is 1. The molecular formula is C12H11FN2OS3. The first-order valence-electron chi connectivity index (χ1n) is 5.37. The van der Waals surface area contributed by atoms with Crippen molar-refractivity contribution in [2.24, 2.45) is 0 Å². The Labute approximate surface area is 123 Å². The Kier molecular flexibility index (Phi) is 4.59. The van der Waals surface area contributed by atoms with E-state index in [9.17, 15) is 9.18 Å². The second kappa shape index (κ2) is 6.02. The Morgan fingerprint density at radius 2 is 2.00 bits per heavy atom. The first-order chi connectivity index (χ1) is 9.01. The van der Waals surface area contributed by atoms with Gasteiger partial charge in [0, 0.05) is 10.5 Å². The summed E-state index contributed by atoms with van der Waals surface area (Å²) >= 11 is 4.32. The number of halogens is 1. The highest BCUT2D eigenvalue weighted by molar-refractivity contribution is 8.03. The van der Waals surface area contributed by atoms with Crippen molar-refractivity contribution in [3.63, 3.8) is 0 Å². The Bertz CT molecular complexity index is 627. The van der Waals surface area contributed by atoms with E-state index in [2.05, 4.69) is 10.2 Å². The van der Waals surface area contributed by atoms with Crippen LogP contribution in [0.25, 0.3) is 0 Å². The summed E-state index contributed by atoms with van der Waals surface area (Å²) in [6, 6.07) is 2.97. The van der Waals surface area contributed by atoms with E-state index in [0.29, 0.717) is 11.1 Å². The van der Waals surface area contributed by atoms with Crippen molar-refractivity contribution in [2.45, 2.75) is 27.4 Å². The smallest absolute Gasteiger partial charge is 0.179 e. The zero-order valence-electron chi connectivity index (χ0n) is 10.6. The van der Waals surface area contributed by atoms with Crippen LogP contribution in [-0.2, 0) is 0 Å². The maximum Gasteiger partial charge on any atom is 0.179 e. The van der Waals surface area contributed by atoms with Crippen LogP contribution in [0, 0.1) is 12.7 Å². The third-order valence-electron chi connectivity index (χ3n) is 2.40. The van der Waals surface area contributed by atoms with E-state index in [-0.39, 0.29) is 11.6 Å². The fourth-order valence-corrected chi connectivity index (χ4v) is 4.08. The highest BCUT2D eigenvalue weighted by Crippen LogP contribution is 2.35. The quantitative estimate of drug-likeness (QED) is 0.629. The minimum Gasteiger partial charge on any atom is -0.294 e. The van der Waals surface area contributed by atoms with Gasteiger partial charge in [0.25, 0.3) is 0 Å². The molecule has 19 heavy (non-hydrogen) atoms. The summed E-state index contributed by atoms with van der Waals surface area (Å²) in [6.07, 6.45) is 1.93. The second-order valence-corrected chi connectivity index (χ2v) is 7.11. The maximum atomic E-state index is 13.5. The molecule has 0 fully saturated rings. The molecule has 0 saturated carbocycles. The number of carbonyl (C=O) groups is 1. The molecule has 0 spiro atoms. The molecule has 0 N–H and O–H groups in total. The minimum absolute atomic E-state index is 0.156. The highest BCUT2D eigenvalue weighted by Gasteiger charge is 2.14. The molecule has 1 aromatic heterocycles. The van der Waals surface area contributed by atoms with Crippen molar-refractivity contribution < 1.29 is 9.18 Å². The van der Waals surface area contributed by atoms with E-state index in [1.165, 1.54) is 47.9 Å². The Hall–Kier alpha value is -0.920. The van der Waals surface area contributed by atoms with Gasteiger partial charge >= 0.3 is 0 Å². The minimum atomic E-state index is -0.364. The van der Waals surface area contributed by atoms with Crippen molar-refractivity contribution in [3.8, 4) is 0 Å². The molecule has 1 aromatic carbocycles. The lowest BCUT2D eigenvalue weighted by molar-refractivity contribution is 0.101. The van der Waals surface area contributed by atoms with Gasteiger partial charge in [-0.25, -0.2) is 4.39 Å². The van der Waals surface area contributed by atoms with Gasteiger partial charge < -0.3 is 0 Å². The average Bonchev–Trinajstić information content (AvgIpc) is 2.81. The molecule has 0 aliphatic carbocycles. The number of hydrogen-bond acceptors (Lipinski definition) is 6. The molecule has 0 bridgehead atoms. The zero-order valence-corrected chi connectivity index (χ0v) is 13.0.